The molecule has 0 saturated carbocycles. The summed E-state index contributed by atoms with van der Waals surface area (Å²) in [6.07, 6.45) is 2.76. The van der Waals surface area contributed by atoms with Gasteiger partial charge in [0, 0.05) is 84.7 Å². The number of anilines is 2. The number of nitrogens with two attached hydrogens (primary N) is 1. The van der Waals surface area contributed by atoms with Crippen LogP contribution in [0, 0.1) is 19.7 Å². The second-order valence-electron chi connectivity index (χ2n) is 10.8. The number of amides is 1. The normalized spacial score (nSPS) is 18.0. The lowest BCUT2D eigenvalue weighted by molar-refractivity contribution is -0.119. The van der Waals surface area contributed by atoms with Crippen molar-refractivity contribution in [2.45, 2.75) is 39.8 Å². The second kappa shape index (κ2) is 9.96. The van der Waals surface area contributed by atoms with E-state index in [-0.39, 0.29) is 24.3 Å². The highest BCUT2D eigenvalue weighted by Crippen LogP contribution is 2.36. The first-order chi connectivity index (χ1) is 18.8. The molecule has 0 radical (unpaired) electrons. The van der Waals surface area contributed by atoms with E-state index in [2.05, 4.69) is 45.7 Å². The third kappa shape index (κ3) is 4.61. The highest BCUT2D eigenvalue weighted by molar-refractivity contribution is 5.96. The van der Waals surface area contributed by atoms with Crippen LogP contribution in [0.1, 0.15) is 29.3 Å². The molecule has 4 aromatic rings. The molecule has 2 aromatic carbocycles. The van der Waals surface area contributed by atoms with E-state index < -0.39 is 0 Å². The Hall–Kier alpha value is -3.98. The minimum Gasteiger partial charge on any atom is -0.369 e. The molecule has 39 heavy (non-hydrogen) atoms. The fraction of sp³-hybridized carbons (Fsp3) is 0.367. The van der Waals surface area contributed by atoms with Crippen molar-refractivity contribution < 1.29 is 9.18 Å². The molecule has 1 atom stereocenters. The van der Waals surface area contributed by atoms with Gasteiger partial charge in [0.05, 0.1) is 12.2 Å². The Morgan fingerprint density at radius 3 is 2.72 bits per heavy atom. The van der Waals surface area contributed by atoms with Crippen molar-refractivity contribution in [3.8, 4) is 11.4 Å². The molecule has 8 nitrogen and oxygen atoms in total. The first-order valence-corrected chi connectivity index (χ1v) is 13.5. The van der Waals surface area contributed by atoms with Gasteiger partial charge in [0.1, 0.15) is 11.6 Å². The van der Waals surface area contributed by atoms with Crippen molar-refractivity contribution in [1.82, 2.24) is 19.9 Å². The van der Waals surface area contributed by atoms with Crippen LogP contribution in [0.15, 0.2) is 42.6 Å². The lowest BCUT2D eigenvalue weighted by atomic mass is 10.0. The molecule has 1 amide bonds. The van der Waals surface area contributed by atoms with Gasteiger partial charge in [-0.2, -0.15) is 0 Å². The van der Waals surface area contributed by atoms with Crippen LogP contribution in [0.3, 0.4) is 0 Å². The monoisotopic (exact) mass is 527 g/mol. The van der Waals surface area contributed by atoms with Crippen molar-refractivity contribution in [3.05, 3.63) is 70.8 Å². The molecule has 202 valence electrons. The number of H-pyrrole nitrogens is 1. The number of piperazine rings is 1. The van der Waals surface area contributed by atoms with E-state index >= 15 is 0 Å². The third-order valence-corrected chi connectivity index (χ3v) is 8.19. The van der Waals surface area contributed by atoms with Crippen molar-refractivity contribution in [1.29, 1.82) is 0 Å². The lowest BCUT2D eigenvalue weighted by Gasteiger charge is -2.41. The third-order valence-electron chi connectivity index (χ3n) is 8.19. The summed E-state index contributed by atoms with van der Waals surface area (Å²) >= 11 is 0. The SMILES string of the molecule is Cc1c(F)cccc1N1CCc2nc(-c3cccc4[nH]cc(C)c34)nc(N3CCN(CC(N)=O)C(C)C3)c2C1. The Morgan fingerprint density at radius 1 is 1.10 bits per heavy atom. The number of carbonyl (C=O) groups excluding carboxylic acids is 1. The summed E-state index contributed by atoms with van der Waals surface area (Å²) in [6.45, 7) is 9.84. The summed E-state index contributed by atoms with van der Waals surface area (Å²) in [7, 11) is 0. The van der Waals surface area contributed by atoms with Crippen molar-refractivity contribution >= 4 is 28.3 Å². The van der Waals surface area contributed by atoms with E-state index in [0.717, 1.165) is 83.2 Å². The first kappa shape index (κ1) is 25.3. The average Bonchev–Trinajstić information content (AvgIpc) is 3.31. The van der Waals surface area contributed by atoms with E-state index in [0.29, 0.717) is 12.1 Å². The Morgan fingerprint density at radius 2 is 1.92 bits per heavy atom. The number of aromatic amines is 1. The Labute approximate surface area is 227 Å². The van der Waals surface area contributed by atoms with Crippen molar-refractivity contribution in [2.24, 2.45) is 5.73 Å². The molecule has 2 aliphatic rings. The van der Waals surface area contributed by atoms with E-state index in [4.69, 9.17) is 15.7 Å². The number of rotatable bonds is 5. The molecule has 6 rings (SSSR count). The molecule has 0 spiro atoms. The summed E-state index contributed by atoms with van der Waals surface area (Å²) in [5, 5.41) is 1.14. The van der Waals surface area contributed by atoms with Crippen molar-refractivity contribution in [3.63, 3.8) is 0 Å². The smallest absolute Gasteiger partial charge is 0.231 e. The number of primary amides is 1. The summed E-state index contributed by atoms with van der Waals surface area (Å²) in [5.41, 5.74) is 12.4. The van der Waals surface area contributed by atoms with E-state index in [9.17, 15) is 9.18 Å². The van der Waals surface area contributed by atoms with Crippen molar-refractivity contribution in [2.75, 3.05) is 42.5 Å². The minimum absolute atomic E-state index is 0.140. The number of halogens is 1. The zero-order chi connectivity index (χ0) is 27.3. The predicted molar refractivity (Wildman–Crippen MR) is 152 cm³/mol. The zero-order valence-electron chi connectivity index (χ0n) is 22.7. The number of benzene rings is 2. The number of nitrogens with one attached hydrogen (secondary N) is 1. The Balaban J connectivity index is 1.44. The zero-order valence-corrected chi connectivity index (χ0v) is 22.7. The van der Waals surface area contributed by atoms with Crippen LogP contribution in [0.2, 0.25) is 0 Å². The lowest BCUT2D eigenvalue weighted by Crippen LogP contribution is -2.54. The topological polar surface area (TPSA) is 94.4 Å². The maximum Gasteiger partial charge on any atom is 0.231 e. The molecule has 1 saturated heterocycles. The molecular weight excluding hydrogens is 493 g/mol. The van der Waals surface area contributed by atoms with E-state index in [1.165, 1.54) is 6.07 Å². The molecule has 0 aliphatic carbocycles. The molecule has 1 unspecified atom stereocenters. The number of aromatic nitrogens is 3. The van der Waals surface area contributed by atoms with Crippen LogP contribution in [-0.4, -0.2) is 64.5 Å². The van der Waals surface area contributed by atoms with Gasteiger partial charge in [-0.15, -0.1) is 0 Å². The molecule has 0 bridgehead atoms. The molecule has 2 aromatic heterocycles. The number of carbonyl (C=O) groups is 1. The van der Waals surface area contributed by atoms with Gasteiger partial charge in [-0.25, -0.2) is 14.4 Å². The van der Waals surface area contributed by atoms with Crippen LogP contribution in [0.4, 0.5) is 15.9 Å². The minimum atomic E-state index is -0.312. The van der Waals surface area contributed by atoms with Gasteiger partial charge in [0.25, 0.3) is 0 Å². The van der Waals surface area contributed by atoms with Gasteiger partial charge in [-0.1, -0.05) is 18.2 Å². The standard InChI is InChI=1S/C30H34FN7O/c1-18-14-33-25-8-4-6-21(28(18)25)29-34-24-10-11-37(26-9-5-7-23(31)20(26)3)16-22(24)30(35-29)38-13-12-36(17-27(32)39)19(2)15-38/h4-9,14,19,33H,10-13,15-17H2,1-3H3,(H2,32,39). The van der Waals surface area contributed by atoms with Gasteiger partial charge in [0.15, 0.2) is 5.82 Å². The fourth-order valence-electron chi connectivity index (χ4n) is 6.09. The molecule has 3 N–H and O–H groups in total. The number of hydrogen-bond donors (Lipinski definition) is 2. The maximum absolute atomic E-state index is 14.4. The van der Waals surface area contributed by atoms with Crippen LogP contribution in [0.25, 0.3) is 22.3 Å². The summed E-state index contributed by atoms with van der Waals surface area (Å²) in [4.78, 5) is 32.0. The maximum atomic E-state index is 14.4. The largest absolute Gasteiger partial charge is 0.369 e. The highest BCUT2D eigenvalue weighted by atomic mass is 19.1. The fourth-order valence-corrected chi connectivity index (χ4v) is 6.09. The van der Waals surface area contributed by atoms with Crippen LogP contribution < -0.4 is 15.5 Å². The van der Waals surface area contributed by atoms with Gasteiger partial charge in [-0.3, -0.25) is 9.69 Å². The quantitative estimate of drug-likeness (QED) is 0.408. The molecular formula is C30H34FN7O. The van der Waals surface area contributed by atoms with Gasteiger partial charge >= 0.3 is 0 Å². The highest BCUT2D eigenvalue weighted by Gasteiger charge is 2.31. The second-order valence-corrected chi connectivity index (χ2v) is 10.8. The van der Waals surface area contributed by atoms with Crippen LogP contribution in [0.5, 0.6) is 0 Å². The van der Waals surface area contributed by atoms with Gasteiger partial charge in [0.2, 0.25) is 5.91 Å². The van der Waals surface area contributed by atoms with E-state index in [1.54, 1.807) is 6.07 Å². The molecule has 1 fully saturated rings. The molecule has 9 heteroatoms. The van der Waals surface area contributed by atoms with E-state index in [1.807, 2.05) is 25.3 Å². The summed E-state index contributed by atoms with van der Waals surface area (Å²) < 4.78 is 14.4. The number of nitrogens with zero attached hydrogens (tertiary/aromatic N) is 5. The summed E-state index contributed by atoms with van der Waals surface area (Å²) in [5.74, 6) is 1.14. The van der Waals surface area contributed by atoms with Crippen LogP contribution in [-0.2, 0) is 17.8 Å². The van der Waals surface area contributed by atoms with Crippen LogP contribution >= 0.6 is 0 Å². The summed E-state index contributed by atoms with van der Waals surface area (Å²) in [6, 6.07) is 11.6. The Bertz CT molecular complexity index is 1560. The van der Waals surface area contributed by atoms with Gasteiger partial charge in [-0.05, 0) is 44.5 Å². The molecule has 4 heterocycles. The number of fused-ring (bicyclic) bond motifs is 2. The average molecular weight is 528 g/mol. The number of aryl methyl sites for hydroxylation is 1. The predicted octanol–water partition coefficient (Wildman–Crippen LogP) is 3.94. The molecule has 2 aliphatic heterocycles. The van der Waals surface area contributed by atoms with Gasteiger partial charge < -0.3 is 20.5 Å². The Kier molecular flexibility index (Phi) is 6.46. The first-order valence-electron chi connectivity index (χ1n) is 13.5. The number of hydrogen-bond acceptors (Lipinski definition) is 6.